The van der Waals surface area contributed by atoms with Crippen LogP contribution in [0, 0.1) is 5.82 Å². The van der Waals surface area contributed by atoms with E-state index in [0.29, 0.717) is 34.7 Å². The van der Waals surface area contributed by atoms with Crippen molar-refractivity contribution in [3.63, 3.8) is 0 Å². The fraction of sp³-hybridized carbons (Fsp3) is 0.207. The van der Waals surface area contributed by atoms with Crippen molar-refractivity contribution in [2.24, 2.45) is 0 Å². The monoisotopic (exact) mass is 520 g/mol. The van der Waals surface area contributed by atoms with Crippen LogP contribution in [0.4, 0.5) is 15.8 Å². The largest absolute Gasteiger partial charge is 0.506 e. The third-order valence-electron chi connectivity index (χ3n) is 5.89. The second-order valence-corrected chi connectivity index (χ2v) is 9.47. The van der Waals surface area contributed by atoms with E-state index in [9.17, 15) is 14.3 Å². The van der Waals surface area contributed by atoms with E-state index in [0.717, 1.165) is 29.1 Å². The van der Waals surface area contributed by atoms with Gasteiger partial charge in [-0.05, 0) is 73.5 Å². The van der Waals surface area contributed by atoms with Crippen LogP contribution < -0.4 is 20.3 Å². The Hall–Kier alpha value is -3.91. The maximum absolute atomic E-state index is 13.2. The maximum atomic E-state index is 13.2. The van der Waals surface area contributed by atoms with Crippen molar-refractivity contribution in [2.75, 3.05) is 19.5 Å². The number of rotatable bonds is 10. The molecular weight excluding hydrogens is 491 g/mol. The van der Waals surface area contributed by atoms with Gasteiger partial charge in [0.2, 0.25) is 0 Å². The van der Waals surface area contributed by atoms with Crippen LogP contribution >= 0.6 is 11.8 Å². The molecule has 4 rings (SSSR count). The number of anilines is 2. The summed E-state index contributed by atoms with van der Waals surface area (Å²) in [6.07, 6.45) is 2.36. The van der Waals surface area contributed by atoms with E-state index < -0.39 is 0 Å². The van der Waals surface area contributed by atoms with E-state index in [-0.39, 0.29) is 22.0 Å². The summed E-state index contributed by atoms with van der Waals surface area (Å²) in [5, 5.41) is 14.7. The number of ether oxygens (including phenoxy) is 2. The number of H-pyrrole nitrogens is 1. The minimum absolute atomic E-state index is 0.115. The molecule has 0 radical (unpaired) electrons. The first-order chi connectivity index (χ1) is 17.9. The van der Waals surface area contributed by atoms with Gasteiger partial charge in [0.05, 0.1) is 25.3 Å². The maximum Gasteiger partial charge on any atom is 0.266 e. The quantitative estimate of drug-likeness (QED) is 0.206. The number of benzene rings is 3. The standard InChI is InChI=1S/C29H29FN2O4S/c1-4-5-7-22-25(26-23(35-2)8-6-9-24(26)36-3)27(33)28(29(34)32-22)37-21-16-14-20(15-17-21)31-19-12-10-18(30)11-13-19/h6,8-17,31H,4-5,7H2,1-3H3,(H2,32,33,34). The molecule has 0 bridgehead atoms. The van der Waals surface area contributed by atoms with Crippen LogP contribution in [0.25, 0.3) is 11.1 Å². The van der Waals surface area contributed by atoms with Gasteiger partial charge in [-0.15, -0.1) is 0 Å². The summed E-state index contributed by atoms with van der Waals surface area (Å²) < 4.78 is 24.4. The van der Waals surface area contributed by atoms with Crippen LogP contribution in [0.2, 0.25) is 0 Å². The van der Waals surface area contributed by atoms with E-state index in [1.165, 1.54) is 23.9 Å². The molecule has 0 unspecified atom stereocenters. The van der Waals surface area contributed by atoms with Gasteiger partial charge < -0.3 is 24.9 Å². The van der Waals surface area contributed by atoms with Crippen LogP contribution in [-0.4, -0.2) is 24.3 Å². The summed E-state index contributed by atoms with van der Waals surface area (Å²) in [6, 6.07) is 18.9. The summed E-state index contributed by atoms with van der Waals surface area (Å²) >= 11 is 1.17. The molecule has 0 fully saturated rings. The van der Waals surface area contributed by atoms with Crippen molar-refractivity contribution in [3.05, 3.63) is 88.6 Å². The highest BCUT2D eigenvalue weighted by Crippen LogP contribution is 2.47. The van der Waals surface area contributed by atoms with Gasteiger partial charge in [-0.1, -0.05) is 31.2 Å². The van der Waals surface area contributed by atoms with E-state index in [1.807, 2.05) is 30.3 Å². The Morgan fingerprint density at radius 3 is 2.08 bits per heavy atom. The molecule has 8 heteroatoms. The zero-order valence-electron chi connectivity index (χ0n) is 20.9. The number of aromatic nitrogens is 1. The molecule has 4 aromatic rings. The molecule has 0 atom stereocenters. The number of aromatic hydroxyl groups is 1. The molecule has 0 saturated heterocycles. The number of aromatic amines is 1. The summed E-state index contributed by atoms with van der Waals surface area (Å²) in [5.74, 6) is 0.655. The zero-order chi connectivity index (χ0) is 26.4. The first-order valence-corrected chi connectivity index (χ1v) is 12.8. The van der Waals surface area contributed by atoms with Crippen LogP contribution in [0.3, 0.4) is 0 Å². The number of unbranched alkanes of at least 4 members (excludes halogenated alkanes) is 1. The highest BCUT2D eigenvalue weighted by Gasteiger charge is 2.24. The Morgan fingerprint density at radius 2 is 1.51 bits per heavy atom. The van der Waals surface area contributed by atoms with Crippen LogP contribution in [-0.2, 0) is 6.42 Å². The van der Waals surface area contributed by atoms with Crippen LogP contribution in [0.15, 0.2) is 81.3 Å². The average molecular weight is 521 g/mol. The predicted molar refractivity (Wildman–Crippen MR) is 146 cm³/mol. The van der Waals surface area contributed by atoms with Crippen LogP contribution in [0.1, 0.15) is 25.5 Å². The molecule has 0 aliphatic rings. The molecule has 3 aromatic carbocycles. The van der Waals surface area contributed by atoms with Gasteiger partial charge in [0.25, 0.3) is 5.56 Å². The predicted octanol–water partition coefficient (Wildman–Crippen LogP) is 7.14. The molecule has 0 aliphatic carbocycles. The van der Waals surface area contributed by atoms with Gasteiger partial charge in [0.15, 0.2) is 0 Å². The second kappa shape index (κ2) is 11.9. The third kappa shape index (κ3) is 5.91. The molecule has 0 spiro atoms. The lowest BCUT2D eigenvalue weighted by Gasteiger charge is -2.19. The van der Waals surface area contributed by atoms with Crippen molar-refractivity contribution in [1.29, 1.82) is 0 Å². The molecule has 0 saturated carbocycles. The molecule has 37 heavy (non-hydrogen) atoms. The molecular formula is C29H29FN2O4S. The SMILES string of the molecule is CCCCc1[nH]c(=O)c(Sc2ccc(Nc3ccc(F)cc3)cc2)c(O)c1-c1c(OC)cccc1OC. The zero-order valence-corrected chi connectivity index (χ0v) is 21.7. The number of pyridine rings is 1. The van der Waals surface area contributed by atoms with Gasteiger partial charge in [-0.3, -0.25) is 4.79 Å². The van der Waals surface area contributed by atoms with Gasteiger partial charge in [-0.25, -0.2) is 4.39 Å². The van der Waals surface area contributed by atoms with E-state index in [4.69, 9.17) is 9.47 Å². The first-order valence-electron chi connectivity index (χ1n) is 11.9. The number of hydrogen-bond acceptors (Lipinski definition) is 6. The summed E-state index contributed by atoms with van der Waals surface area (Å²) in [6.45, 7) is 2.07. The summed E-state index contributed by atoms with van der Waals surface area (Å²) in [7, 11) is 3.12. The van der Waals surface area contributed by atoms with Crippen molar-refractivity contribution in [3.8, 4) is 28.4 Å². The molecule has 0 aliphatic heterocycles. The molecule has 1 heterocycles. The Kier molecular flexibility index (Phi) is 8.40. The van der Waals surface area contributed by atoms with Gasteiger partial charge >= 0.3 is 0 Å². The van der Waals surface area contributed by atoms with E-state index in [2.05, 4.69) is 17.2 Å². The molecule has 6 nitrogen and oxygen atoms in total. The van der Waals surface area contributed by atoms with Crippen molar-refractivity contribution in [2.45, 2.75) is 36.0 Å². The Balaban J connectivity index is 1.72. The number of aryl methyl sites for hydroxylation is 1. The lowest BCUT2D eigenvalue weighted by atomic mass is 9.98. The molecule has 3 N–H and O–H groups in total. The highest BCUT2D eigenvalue weighted by atomic mass is 32.2. The molecule has 0 amide bonds. The van der Waals surface area contributed by atoms with Crippen LogP contribution in [0.5, 0.6) is 17.2 Å². The topological polar surface area (TPSA) is 83.6 Å². The van der Waals surface area contributed by atoms with Crippen molar-refractivity contribution >= 4 is 23.1 Å². The number of halogens is 1. The number of hydrogen-bond donors (Lipinski definition) is 3. The minimum atomic E-state index is -0.361. The number of methoxy groups -OCH3 is 2. The second-order valence-electron chi connectivity index (χ2n) is 8.38. The lowest BCUT2D eigenvalue weighted by molar-refractivity contribution is 0.396. The van der Waals surface area contributed by atoms with Crippen molar-refractivity contribution in [1.82, 2.24) is 4.98 Å². The Bertz CT molecular complexity index is 1400. The summed E-state index contributed by atoms with van der Waals surface area (Å²) in [5.41, 5.74) is 2.93. The van der Waals surface area contributed by atoms with Gasteiger partial charge in [0, 0.05) is 22.0 Å². The van der Waals surface area contributed by atoms with E-state index in [1.54, 1.807) is 38.5 Å². The summed E-state index contributed by atoms with van der Waals surface area (Å²) in [4.78, 5) is 17.1. The molecule has 192 valence electrons. The number of nitrogens with one attached hydrogen (secondary N) is 2. The molecule has 1 aromatic heterocycles. The lowest BCUT2D eigenvalue weighted by Crippen LogP contribution is -2.14. The highest BCUT2D eigenvalue weighted by molar-refractivity contribution is 7.99. The average Bonchev–Trinajstić information content (AvgIpc) is 2.91. The van der Waals surface area contributed by atoms with Gasteiger partial charge in [-0.2, -0.15) is 0 Å². The smallest absolute Gasteiger partial charge is 0.266 e. The fourth-order valence-corrected chi connectivity index (χ4v) is 4.90. The van der Waals surface area contributed by atoms with Crippen molar-refractivity contribution < 1.29 is 19.0 Å². The van der Waals surface area contributed by atoms with E-state index >= 15 is 0 Å². The fourth-order valence-electron chi connectivity index (χ4n) is 4.05. The third-order valence-corrected chi connectivity index (χ3v) is 6.98. The Labute approximate surface area is 219 Å². The Morgan fingerprint density at radius 1 is 0.919 bits per heavy atom. The first kappa shape index (κ1) is 26.2. The van der Waals surface area contributed by atoms with Gasteiger partial charge in [0.1, 0.15) is 28.0 Å². The minimum Gasteiger partial charge on any atom is -0.506 e. The normalized spacial score (nSPS) is 10.8.